The van der Waals surface area contributed by atoms with Gasteiger partial charge in [-0.2, -0.15) is 9.40 Å². The summed E-state index contributed by atoms with van der Waals surface area (Å²) in [7, 11) is -3.39. The highest BCUT2D eigenvalue weighted by Gasteiger charge is 2.65. The van der Waals surface area contributed by atoms with Crippen LogP contribution in [0, 0.1) is 5.92 Å². The fraction of sp³-hybridized carbons (Fsp3) is 0.750. The van der Waals surface area contributed by atoms with Crippen molar-refractivity contribution in [3.05, 3.63) is 17.4 Å². The second kappa shape index (κ2) is 6.19. The summed E-state index contributed by atoms with van der Waals surface area (Å²) in [6.07, 6.45) is 3.31. The van der Waals surface area contributed by atoms with E-state index < -0.39 is 20.9 Å². The Bertz CT molecular complexity index is 826. The van der Waals surface area contributed by atoms with Gasteiger partial charge in [-0.1, -0.05) is 25.4 Å². The van der Waals surface area contributed by atoms with Gasteiger partial charge in [0.15, 0.2) is 0 Å². The van der Waals surface area contributed by atoms with Gasteiger partial charge in [0.2, 0.25) is 15.9 Å². The first-order valence-electron chi connectivity index (χ1n) is 8.82. The lowest BCUT2D eigenvalue weighted by atomic mass is 9.99. The van der Waals surface area contributed by atoms with Crippen molar-refractivity contribution in [3.63, 3.8) is 0 Å². The smallest absolute Gasteiger partial charge is 0.244 e. The molecule has 0 aromatic carbocycles. The highest BCUT2D eigenvalue weighted by Crippen LogP contribution is 2.46. The standard InChI is InChI=1S/C16H23ClN4O4S/c1-11(2)5-21-10-16-9-19(15(22)8-20-6-12(17)4-18-20)7-13(25-16)3-14(16)26(21,23)24/h4,6,11,13-14H,3,5,7-10H2,1-2H3/t13-,14+,16?/m1/s1. The number of sulfonamides is 1. The van der Waals surface area contributed by atoms with E-state index in [2.05, 4.69) is 5.10 Å². The first kappa shape index (κ1) is 18.2. The van der Waals surface area contributed by atoms with Crippen LogP contribution in [0.15, 0.2) is 12.4 Å². The average molecular weight is 403 g/mol. The molecule has 0 radical (unpaired) electrons. The molecule has 0 saturated carbocycles. The Morgan fingerprint density at radius 3 is 2.88 bits per heavy atom. The van der Waals surface area contributed by atoms with E-state index in [1.807, 2.05) is 13.8 Å². The molecule has 1 unspecified atom stereocenters. The monoisotopic (exact) mass is 402 g/mol. The zero-order valence-corrected chi connectivity index (χ0v) is 16.4. The number of nitrogens with zero attached hydrogens (tertiary/aromatic N) is 4. The molecule has 0 N–H and O–H groups in total. The number of likely N-dealkylation sites (tertiary alicyclic amines) is 1. The van der Waals surface area contributed by atoms with E-state index in [9.17, 15) is 13.2 Å². The Morgan fingerprint density at radius 2 is 2.23 bits per heavy atom. The summed E-state index contributed by atoms with van der Waals surface area (Å²) in [6.45, 7) is 5.61. The molecule has 1 amide bonds. The molecular formula is C16H23ClN4O4S. The molecule has 3 fully saturated rings. The van der Waals surface area contributed by atoms with Gasteiger partial charge in [-0.25, -0.2) is 8.42 Å². The van der Waals surface area contributed by atoms with Gasteiger partial charge in [-0.05, 0) is 12.3 Å². The SMILES string of the molecule is CC(C)CN1CC23CN(C(=O)Cn4cc(Cl)cn4)C[C@@H](C[C@@H]2S1(=O)=O)O3. The van der Waals surface area contributed by atoms with Crippen LogP contribution in [0.1, 0.15) is 20.3 Å². The molecule has 144 valence electrons. The van der Waals surface area contributed by atoms with E-state index in [1.165, 1.54) is 10.9 Å². The van der Waals surface area contributed by atoms with Crippen LogP contribution in [-0.4, -0.2) is 76.4 Å². The van der Waals surface area contributed by atoms with Crippen LogP contribution < -0.4 is 0 Å². The van der Waals surface area contributed by atoms with Gasteiger partial charge < -0.3 is 9.64 Å². The maximum Gasteiger partial charge on any atom is 0.244 e. The summed E-state index contributed by atoms with van der Waals surface area (Å²) in [5.74, 6) is 0.138. The molecule has 3 saturated heterocycles. The third kappa shape index (κ3) is 2.94. The number of fused-ring (bicyclic) bond motifs is 1. The molecule has 2 bridgehead atoms. The van der Waals surface area contributed by atoms with Gasteiger partial charge in [0.25, 0.3) is 0 Å². The summed E-state index contributed by atoms with van der Waals surface area (Å²) in [5, 5.41) is 3.96. The zero-order valence-electron chi connectivity index (χ0n) is 14.8. The molecule has 3 atom stereocenters. The van der Waals surface area contributed by atoms with Crippen molar-refractivity contribution in [3.8, 4) is 0 Å². The number of hydrogen-bond donors (Lipinski definition) is 0. The lowest BCUT2D eigenvalue weighted by Crippen LogP contribution is -2.57. The van der Waals surface area contributed by atoms with Crippen molar-refractivity contribution in [2.45, 2.75) is 43.8 Å². The van der Waals surface area contributed by atoms with Crippen molar-refractivity contribution in [1.82, 2.24) is 19.0 Å². The topological polar surface area (TPSA) is 84.7 Å². The summed E-state index contributed by atoms with van der Waals surface area (Å²) in [5.41, 5.74) is -0.811. The molecule has 1 spiro atoms. The molecular weight excluding hydrogens is 380 g/mol. The van der Waals surface area contributed by atoms with Crippen LogP contribution in [-0.2, 0) is 26.1 Å². The number of aromatic nitrogens is 2. The maximum absolute atomic E-state index is 12.9. The van der Waals surface area contributed by atoms with E-state index in [0.29, 0.717) is 37.6 Å². The zero-order chi connectivity index (χ0) is 18.7. The number of morpholine rings is 1. The number of rotatable bonds is 4. The molecule has 8 nitrogen and oxygen atoms in total. The van der Waals surface area contributed by atoms with Crippen molar-refractivity contribution in [1.29, 1.82) is 0 Å². The number of carbonyl (C=O) groups is 1. The van der Waals surface area contributed by atoms with Crippen LogP contribution in [0.4, 0.5) is 0 Å². The van der Waals surface area contributed by atoms with Gasteiger partial charge in [-0.3, -0.25) is 9.48 Å². The highest BCUT2D eigenvalue weighted by atomic mass is 35.5. The van der Waals surface area contributed by atoms with Gasteiger partial charge in [-0.15, -0.1) is 0 Å². The maximum atomic E-state index is 12.9. The molecule has 3 aliphatic rings. The normalized spacial score (nSPS) is 33.0. The summed E-state index contributed by atoms with van der Waals surface area (Å²) in [6, 6.07) is 0. The van der Waals surface area contributed by atoms with Crippen molar-refractivity contribution in [2.24, 2.45) is 5.92 Å². The van der Waals surface area contributed by atoms with Crippen molar-refractivity contribution in [2.75, 3.05) is 26.2 Å². The van der Waals surface area contributed by atoms with Crippen LogP contribution in [0.3, 0.4) is 0 Å². The van der Waals surface area contributed by atoms with Crippen molar-refractivity contribution >= 4 is 27.5 Å². The van der Waals surface area contributed by atoms with Gasteiger partial charge in [0, 0.05) is 25.8 Å². The quantitative estimate of drug-likeness (QED) is 0.735. The number of ether oxygens (including phenoxy) is 1. The van der Waals surface area contributed by atoms with Gasteiger partial charge in [0.1, 0.15) is 17.4 Å². The molecule has 10 heteroatoms. The molecule has 4 heterocycles. The van der Waals surface area contributed by atoms with Crippen LogP contribution in [0.2, 0.25) is 5.02 Å². The minimum atomic E-state index is -3.39. The predicted molar refractivity (Wildman–Crippen MR) is 95.2 cm³/mol. The summed E-state index contributed by atoms with van der Waals surface area (Å²) in [4.78, 5) is 14.4. The van der Waals surface area contributed by atoms with E-state index in [4.69, 9.17) is 16.3 Å². The summed E-state index contributed by atoms with van der Waals surface area (Å²) >= 11 is 5.85. The van der Waals surface area contributed by atoms with E-state index >= 15 is 0 Å². The second-order valence-corrected chi connectivity index (χ2v) is 10.4. The second-order valence-electron chi connectivity index (χ2n) is 7.89. The Hall–Kier alpha value is -1.16. The third-order valence-corrected chi connectivity index (χ3v) is 7.87. The fourth-order valence-electron chi connectivity index (χ4n) is 4.37. The Labute approximate surface area is 158 Å². The highest BCUT2D eigenvalue weighted by molar-refractivity contribution is 7.90. The number of halogens is 1. The molecule has 1 aromatic rings. The minimum absolute atomic E-state index is 0.0860. The minimum Gasteiger partial charge on any atom is -0.365 e. The van der Waals surface area contributed by atoms with Crippen LogP contribution in [0.5, 0.6) is 0 Å². The Balaban J connectivity index is 1.53. The van der Waals surface area contributed by atoms with Crippen molar-refractivity contribution < 1.29 is 17.9 Å². The molecule has 4 rings (SSSR count). The van der Waals surface area contributed by atoms with Gasteiger partial charge >= 0.3 is 0 Å². The van der Waals surface area contributed by atoms with E-state index in [0.717, 1.165) is 0 Å². The predicted octanol–water partition coefficient (Wildman–Crippen LogP) is 0.576. The first-order chi connectivity index (χ1) is 12.2. The van der Waals surface area contributed by atoms with Gasteiger partial charge in [0.05, 0.1) is 23.9 Å². The first-order valence-corrected chi connectivity index (χ1v) is 10.7. The Kier molecular flexibility index (Phi) is 4.33. The van der Waals surface area contributed by atoms with Crippen LogP contribution >= 0.6 is 11.6 Å². The third-order valence-electron chi connectivity index (χ3n) is 5.33. The Morgan fingerprint density at radius 1 is 1.46 bits per heavy atom. The molecule has 0 aliphatic carbocycles. The number of hydrogen-bond acceptors (Lipinski definition) is 5. The van der Waals surface area contributed by atoms with Crippen LogP contribution in [0.25, 0.3) is 0 Å². The summed E-state index contributed by atoms with van der Waals surface area (Å²) < 4.78 is 35.0. The largest absolute Gasteiger partial charge is 0.365 e. The van der Waals surface area contributed by atoms with E-state index in [-0.39, 0.29) is 24.5 Å². The molecule has 1 aromatic heterocycles. The lowest BCUT2D eigenvalue weighted by molar-refractivity contribution is -0.151. The molecule has 3 aliphatic heterocycles. The fourth-order valence-corrected chi connectivity index (χ4v) is 7.00. The number of amides is 1. The lowest BCUT2D eigenvalue weighted by Gasteiger charge is -2.39. The molecule has 26 heavy (non-hydrogen) atoms. The van der Waals surface area contributed by atoms with E-state index in [1.54, 1.807) is 15.4 Å². The average Bonchev–Trinajstić information content (AvgIpc) is 3.11. The number of carbonyl (C=O) groups excluding carboxylic acids is 1.